The van der Waals surface area contributed by atoms with Gasteiger partial charge in [0.05, 0.1) is 0 Å². The molecule has 0 aliphatic heterocycles. The zero-order valence-corrected chi connectivity index (χ0v) is 12.0. The molecule has 1 aliphatic carbocycles. The van der Waals surface area contributed by atoms with E-state index < -0.39 is 0 Å². The van der Waals surface area contributed by atoms with Crippen LogP contribution in [0.25, 0.3) is 0 Å². The van der Waals surface area contributed by atoms with Gasteiger partial charge < -0.3 is 11.1 Å². The molecule has 0 bridgehead atoms. The van der Waals surface area contributed by atoms with Crippen molar-refractivity contribution in [2.75, 3.05) is 19.6 Å². The Morgan fingerprint density at radius 3 is 2.56 bits per heavy atom. The first kappa shape index (κ1) is 15.4. The molecule has 4 nitrogen and oxygen atoms in total. The Bertz CT molecular complexity index is 239. The van der Waals surface area contributed by atoms with Crippen molar-refractivity contribution >= 4 is 5.91 Å². The van der Waals surface area contributed by atoms with Crippen molar-refractivity contribution in [3.63, 3.8) is 0 Å². The van der Waals surface area contributed by atoms with Crippen molar-refractivity contribution in [3.05, 3.63) is 0 Å². The van der Waals surface area contributed by atoms with Gasteiger partial charge in [-0.3, -0.25) is 9.69 Å². The second kappa shape index (κ2) is 8.48. The maximum absolute atomic E-state index is 11.8. The molecule has 106 valence electrons. The van der Waals surface area contributed by atoms with Crippen LogP contribution in [0.15, 0.2) is 0 Å². The van der Waals surface area contributed by atoms with Gasteiger partial charge in [-0.25, -0.2) is 0 Å². The lowest BCUT2D eigenvalue weighted by Crippen LogP contribution is -2.48. The average molecular weight is 255 g/mol. The molecule has 3 N–H and O–H groups in total. The molecule has 0 aromatic carbocycles. The quantitative estimate of drug-likeness (QED) is 0.691. The minimum Gasteiger partial charge on any atom is -0.356 e. The Morgan fingerprint density at radius 2 is 2.06 bits per heavy atom. The average Bonchev–Trinajstić information content (AvgIpc) is 2.89. The molecule has 18 heavy (non-hydrogen) atoms. The zero-order valence-electron chi connectivity index (χ0n) is 12.0. The maximum Gasteiger partial charge on any atom is 0.221 e. The summed E-state index contributed by atoms with van der Waals surface area (Å²) in [6, 6.07) is 0.845. The van der Waals surface area contributed by atoms with Gasteiger partial charge in [0, 0.05) is 31.6 Å². The Kier molecular flexibility index (Phi) is 7.28. The molecule has 1 atom stereocenters. The summed E-state index contributed by atoms with van der Waals surface area (Å²) in [5, 5.41) is 2.95. The number of rotatable bonds is 8. The number of nitrogens with zero attached hydrogens (tertiary/aromatic N) is 1. The molecule has 1 saturated carbocycles. The minimum absolute atomic E-state index is 0.142. The number of amides is 1. The lowest BCUT2D eigenvalue weighted by Gasteiger charge is -2.34. The van der Waals surface area contributed by atoms with Gasteiger partial charge in [-0.2, -0.15) is 0 Å². The van der Waals surface area contributed by atoms with Gasteiger partial charge in [0.1, 0.15) is 0 Å². The van der Waals surface area contributed by atoms with Crippen LogP contribution in [0.4, 0.5) is 0 Å². The molecule has 0 radical (unpaired) electrons. The number of hydrogen-bond acceptors (Lipinski definition) is 3. The van der Waals surface area contributed by atoms with Crippen LogP contribution in [-0.2, 0) is 4.79 Å². The first-order valence-corrected chi connectivity index (χ1v) is 7.45. The number of carbonyl (C=O) groups is 1. The summed E-state index contributed by atoms with van der Waals surface area (Å²) in [5.74, 6) is 0.142. The SMILES string of the molecule is CCCNC(=O)CC(CN)N(CC)C1CCCC1. The molecular weight excluding hydrogens is 226 g/mol. The largest absolute Gasteiger partial charge is 0.356 e. The predicted octanol–water partition coefficient (Wildman–Crippen LogP) is 1.49. The Labute approximate surface area is 111 Å². The molecule has 0 heterocycles. The number of likely N-dealkylation sites (N-methyl/N-ethyl adjacent to an activating group) is 1. The van der Waals surface area contributed by atoms with E-state index in [1.807, 2.05) is 0 Å². The molecule has 1 amide bonds. The van der Waals surface area contributed by atoms with Crippen LogP contribution >= 0.6 is 0 Å². The predicted molar refractivity (Wildman–Crippen MR) is 75.4 cm³/mol. The lowest BCUT2D eigenvalue weighted by atomic mass is 10.1. The van der Waals surface area contributed by atoms with Crippen LogP contribution in [0.5, 0.6) is 0 Å². The van der Waals surface area contributed by atoms with Gasteiger partial charge in [0.25, 0.3) is 0 Å². The second-order valence-electron chi connectivity index (χ2n) is 5.21. The van der Waals surface area contributed by atoms with Crippen LogP contribution < -0.4 is 11.1 Å². The summed E-state index contributed by atoms with van der Waals surface area (Å²) >= 11 is 0. The van der Waals surface area contributed by atoms with Gasteiger partial charge in [-0.15, -0.1) is 0 Å². The standard InChI is InChI=1S/C14H29N3O/c1-3-9-16-14(18)10-13(11-15)17(4-2)12-7-5-6-8-12/h12-13H,3-11,15H2,1-2H3,(H,16,18). The van der Waals surface area contributed by atoms with Crippen LogP contribution in [0.3, 0.4) is 0 Å². The molecule has 1 rings (SSSR count). The number of hydrogen-bond donors (Lipinski definition) is 2. The first-order valence-electron chi connectivity index (χ1n) is 7.45. The van der Waals surface area contributed by atoms with Crippen molar-refractivity contribution in [2.24, 2.45) is 5.73 Å². The van der Waals surface area contributed by atoms with E-state index in [2.05, 4.69) is 24.1 Å². The molecule has 1 fully saturated rings. The van der Waals surface area contributed by atoms with Gasteiger partial charge in [0.2, 0.25) is 5.91 Å². The van der Waals surface area contributed by atoms with Crippen molar-refractivity contribution in [2.45, 2.75) is 64.5 Å². The second-order valence-corrected chi connectivity index (χ2v) is 5.21. The van der Waals surface area contributed by atoms with Crippen molar-refractivity contribution in [1.82, 2.24) is 10.2 Å². The highest BCUT2D eigenvalue weighted by Gasteiger charge is 2.27. The van der Waals surface area contributed by atoms with E-state index in [4.69, 9.17) is 5.73 Å². The highest BCUT2D eigenvalue weighted by Crippen LogP contribution is 2.25. The molecule has 0 saturated heterocycles. The Hall–Kier alpha value is -0.610. The minimum atomic E-state index is 0.142. The van der Waals surface area contributed by atoms with Crippen molar-refractivity contribution in [1.29, 1.82) is 0 Å². The molecule has 0 aromatic heterocycles. The summed E-state index contributed by atoms with van der Waals surface area (Å²) < 4.78 is 0. The lowest BCUT2D eigenvalue weighted by molar-refractivity contribution is -0.122. The topological polar surface area (TPSA) is 58.4 Å². The third-order valence-electron chi connectivity index (χ3n) is 3.89. The Morgan fingerprint density at radius 1 is 1.39 bits per heavy atom. The summed E-state index contributed by atoms with van der Waals surface area (Å²) in [7, 11) is 0. The van der Waals surface area contributed by atoms with Crippen LogP contribution in [-0.4, -0.2) is 42.5 Å². The van der Waals surface area contributed by atoms with E-state index in [1.165, 1.54) is 25.7 Å². The smallest absolute Gasteiger partial charge is 0.221 e. The van der Waals surface area contributed by atoms with Crippen molar-refractivity contribution in [3.8, 4) is 0 Å². The fourth-order valence-electron chi connectivity index (χ4n) is 2.94. The highest BCUT2D eigenvalue weighted by molar-refractivity contribution is 5.76. The molecule has 1 aliphatic rings. The third-order valence-corrected chi connectivity index (χ3v) is 3.89. The van der Waals surface area contributed by atoms with Crippen molar-refractivity contribution < 1.29 is 4.79 Å². The van der Waals surface area contributed by atoms with Gasteiger partial charge in [-0.05, 0) is 25.8 Å². The van der Waals surface area contributed by atoms with Gasteiger partial charge in [0.15, 0.2) is 0 Å². The molecule has 1 unspecified atom stereocenters. The number of nitrogens with one attached hydrogen (secondary N) is 1. The van der Waals surface area contributed by atoms with Gasteiger partial charge in [-0.1, -0.05) is 26.7 Å². The summed E-state index contributed by atoms with van der Waals surface area (Å²) in [6.45, 7) is 6.58. The van der Waals surface area contributed by atoms with Crippen LogP contribution in [0.1, 0.15) is 52.4 Å². The van der Waals surface area contributed by atoms with E-state index >= 15 is 0 Å². The van der Waals surface area contributed by atoms with Crippen LogP contribution in [0, 0.1) is 0 Å². The highest BCUT2D eigenvalue weighted by atomic mass is 16.1. The van der Waals surface area contributed by atoms with E-state index in [0.717, 1.165) is 19.5 Å². The number of carbonyl (C=O) groups excluding carboxylic acids is 1. The fourth-order valence-corrected chi connectivity index (χ4v) is 2.94. The maximum atomic E-state index is 11.8. The zero-order chi connectivity index (χ0) is 13.4. The Balaban J connectivity index is 2.48. The summed E-state index contributed by atoms with van der Waals surface area (Å²) in [4.78, 5) is 14.3. The molecule has 4 heteroatoms. The molecule has 0 spiro atoms. The van der Waals surface area contributed by atoms with Crippen LogP contribution in [0.2, 0.25) is 0 Å². The first-order chi connectivity index (χ1) is 8.72. The van der Waals surface area contributed by atoms with E-state index in [0.29, 0.717) is 19.0 Å². The van der Waals surface area contributed by atoms with Gasteiger partial charge >= 0.3 is 0 Å². The number of nitrogens with two attached hydrogens (primary N) is 1. The van der Waals surface area contributed by atoms with E-state index in [-0.39, 0.29) is 11.9 Å². The summed E-state index contributed by atoms with van der Waals surface area (Å²) in [5.41, 5.74) is 5.87. The molecular formula is C14H29N3O. The van der Waals surface area contributed by atoms with E-state index in [1.54, 1.807) is 0 Å². The molecule has 0 aromatic rings. The third kappa shape index (κ3) is 4.58. The normalized spacial score (nSPS) is 18.2. The monoisotopic (exact) mass is 255 g/mol. The van der Waals surface area contributed by atoms with E-state index in [9.17, 15) is 4.79 Å². The summed E-state index contributed by atoms with van der Waals surface area (Å²) in [6.07, 6.45) is 6.70. The fraction of sp³-hybridized carbons (Fsp3) is 0.929.